The topological polar surface area (TPSA) is 50.1 Å². The van der Waals surface area contributed by atoms with Gasteiger partial charge in [-0.25, -0.2) is 0 Å². The van der Waals surface area contributed by atoms with Crippen LogP contribution in [0.25, 0.3) is 0 Å². The molecule has 1 fully saturated rings. The molecule has 0 aromatic heterocycles. The van der Waals surface area contributed by atoms with E-state index in [1.165, 1.54) is 17.2 Å². The van der Waals surface area contributed by atoms with Crippen molar-refractivity contribution in [2.45, 2.75) is 12.6 Å². The molecule has 0 aliphatic carbocycles. The number of nitrogens with one attached hydrogen (secondary N) is 3. The summed E-state index contributed by atoms with van der Waals surface area (Å²) in [6, 6.07) is 4.94. The second kappa shape index (κ2) is 9.69. The van der Waals surface area contributed by atoms with Crippen LogP contribution in [-0.2, 0) is 10.9 Å². The van der Waals surface area contributed by atoms with Crippen LogP contribution in [0, 0.1) is 0 Å². The van der Waals surface area contributed by atoms with Gasteiger partial charge in [0.2, 0.25) is 0 Å². The van der Waals surface area contributed by atoms with Crippen LogP contribution in [-0.4, -0.2) is 50.7 Å². The van der Waals surface area contributed by atoms with Gasteiger partial charge in [-0.1, -0.05) is 12.1 Å². The highest BCUT2D eigenvalue weighted by Gasteiger charge is 2.30. The van der Waals surface area contributed by atoms with E-state index in [0.717, 1.165) is 57.9 Å². The fourth-order valence-electron chi connectivity index (χ4n) is 2.45. The molecule has 1 saturated heterocycles. The Labute approximate surface area is 150 Å². The summed E-state index contributed by atoms with van der Waals surface area (Å²) in [6.07, 6.45) is -2.09. The third-order valence-electron chi connectivity index (χ3n) is 3.79. The van der Waals surface area contributed by atoms with E-state index >= 15 is 0 Å². The van der Waals surface area contributed by atoms with E-state index in [0.29, 0.717) is 10.7 Å². The van der Waals surface area contributed by atoms with Gasteiger partial charge in [-0.3, -0.25) is 5.43 Å². The summed E-state index contributed by atoms with van der Waals surface area (Å²) < 4.78 is 43.2. The van der Waals surface area contributed by atoms with Crippen molar-refractivity contribution in [1.82, 2.24) is 10.7 Å². The molecular formula is C16H22F3N4OS+. The Morgan fingerprint density at radius 3 is 2.80 bits per heavy atom. The van der Waals surface area contributed by atoms with Gasteiger partial charge in [0.25, 0.3) is 0 Å². The van der Waals surface area contributed by atoms with Gasteiger partial charge in [0.15, 0.2) is 5.11 Å². The molecule has 0 unspecified atom stereocenters. The highest BCUT2D eigenvalue weighted by molar-refractivity contribution is 7.80. The van der Waals surface area contributed by atoms with E-state index in [-0.39, 0.29) is 0 Å². The van der Waals surface area contributed by atoms with E-state index in [9.17, 15) is 13.2 Å². The lowest BCUT2D eigenvalue weighted by molar-refractivity contribution is -0.908. The van der Waals surface area contributed by atoms with E-state index in [4.69, 9.17) is 17.0 Å². The van der Waals surface area contributed by atoms with Crippen LogP contribution in [0.4, 0.5) is 13.2 Å². The molecule has 0 bridgehead atoms. The molecule has 1 aliphatic heterocycles. The maximum atomic E-state index is 12.6. The van der Waals surface area contributed by atoms with Crippen LogP contribution in [0.2, 0.25) is 0 Å². The lowest BCUT2D eigenvalue weighted by Gasteiger charge is -2.23. The average molecular weight is 375 g/mol. The molecule has 2 rings (SSSR count). The Hall–Kier alpha value is -1.71. The van der Waals surface area contributed by atoms with E-state index in [1.807, 2.05) is 0 Å². The van der Waals surface area contributed by atoms with E-state index in [2.05, 4.69) is 15.8 Å². The normalized spacial score (nSPS) is 16.1. The molecule has 0 radical (unpaired) electrons. The third kappa shape index (κ3) is 7.37. The minimum absolute atomic E-state index is 0.347. The van der Waals surface area contributed by atoms with Crippen LogP contribution in [0.3, 0.4) is 0 Å². The van der Waals surface area contributed by atoms with E-state index in [1.54, 1.807) is 6.07 Å². The van der Waals surface area contributed by atoms with E-state index < -0.39 is 11.7 Å². The van der Waals surface area contributed by atoms with Crippen molar-refractivity contribution in [2.24, 2.45) is 5.10 Å². The van der Waals surface area contributed by atoms with Gasteiger partial charge in [0.05, 0.1) is 31.5 Å². The van der Waals surface area contributed by atoms with Crippen LogP contribution in [0.5, 0.6) is 0 Å². The Bertz CT molecular complexity index is 589. The summed E-state index contributed by atoms with van der Waals surface area (Å²) in [5.41, 5.74) is 2.25. The number of halogens is 3. The SMILES string of the molecule is FC(F)(F)c1cccc(/C=N\NC(=S)NCCC[NH+]2CCOCC2)c1. The Morgan fingerprint density at radius 1 is 1.32 bits per heavy atom. The predicted octanol–water partition coefficient (Wildman–Crippen LogP) is 0.809. The Kier molecular flexibility index (Phi) is 7.60. The van der Waals surface area contributed by atoms with Gasteiger partial charge in [-0.15, -0.1) is 0 Å². The summed E-state index contributed by atoms with van der Waals surface area (Å²) in [4.78, 5) is 1.52. The van der Waals surface area contributed by atoms with Gasteiger partial charge in [0, 0.05) is 13.0 Å². The van der Waals surface area contributed by atoms with Crippen molar-refractivity contribution in [1.29, 1.82) is 0 Å². The summed E-state index contributed by atoms with van der Waals surface area (Å²) in [7, 11) is 0. The molecule has 0 amide bonds. The molecular weight excluding hydrogens is 353 g/mol. The molecule has 25 heavy (non-hydrogen) atoms. The maximum absolute atomic E-state index is 12.6. The zero-order chi connectivity index (χ0) is 18.1. The average Bonchev–Trinajstić information content (AvgIpc) is 2.59. The highest BCUT2D eigenvalue weighted by Crippen LogP contribution is 2.29. The maximum Gasteiger partial charge on any atom is 0.416 e. The summed E-state index contributed by atoms with van der Waals surface area (Å²) in [5.74, 6) is 0. The van der Waals surface area contributed by atoms with Gasteiger partial charge in [-0.2, -0.15) is 18.3 Å². The first-order chi connectivity index (χ1) is 11.9. The second-order valence-electron chi connectivity index (χ2n) is 5.72. The van der Waals surface area contributed by atoms with Crippen molar-refractivity contribution in [2.75, 3.05) is 39.4 Å². The number of morpholine rings is 1. The standard InChI is InChI=1S/C16H21F3N4OS/c17-16(18,19)14-4-1-3-13(11-14)12-21-22-15(25)20-5-2-6-23-7-9-24-10-8-23/h1,3-4,11-12H,2,5-10H2,(H2,20,22,25)/p+1/b21-12-. The fraction of sp³-hybridized carbons (Fsp3) is 0.500. The van der Waals surface area contributed by atoms with Crippen molar-refractivity contribution in [3.63, 3.8) is 0 Å². The fourth-order valence-corrected chi connectivity index (χ4v) is 2.61. The van der Waals surface area contributed by atoms with Crippen molar-refractivity contribution < 1.29 is 22.8 Å². The highest BCUT2D eigenvalue weighted by atomic mass is 32.1. The van der Waals surface area contributed by atoms with Gasteiger partial charge in [-0.05, 0) is 29.9 Å². The lowest BCUT2D eigenvalue weighted by Crippen LogP contribution is -3.14. The molecule has 1 heterocycles. The third-order valence-corrected chi connectivity index (χ3v) is 4.02. The zero-order valence-corrected chi connectivity index (χ0v) is 14.6. The molecule has 9 heteroatoms. The van der Waals surface area contributed by atoms with Gasteiger partial charge in [0.1, 0.15) is 13.1 Å². The predicted molar refractivity (Wildman–Crippen MR) is 93.8 cm³/mol. The molecule has 1 aliphatic rings. The molecule has 138 valence electrons. The van der Waals surface area contributed by atoms with Crippen LogP contribution in [0.1, 0.15) is 17.5 Å². The van der Waals surface area contributed by atoms with Crippen LogP contribution < -0.4 is 15.6 Å². The molecule has 0 spiro atoms. The molecule has 1 aromatic carbocycles. The first-order valence-corrected chi connectivity index (χ1v) is 8.51. The number of nitrogens with zero attached hydrogens (tertiary/aromatic N) is 1. The van der Waals surface area contributed by atoms with Crippen LogP contribution in [0.15, 0.2) is 29.4 Å². The number of hydrogen-bond acceptors (Lipinski definition) is 3. The summed E-state index contributed by atoms with van der Waals surface area (Å²) >= 11 is 5.08. The second-order valence-corrected chi connectivity index (χ2v) is 6.12. The zero-order valence-electron chi connectivity index (χ0n) is 13.7. The monoisotopic (exact) mass is 375 g/mol. The molecule has 1 aromatic rings. The molecule has 5 nitrogen and oxygen atoms in total. The minimum atomic E-state index is -4.36. The minimum Gasteiger partial charge on any atom is -0.370 e. The number of alkyl halides is 3. The Morgan fingerprint density at radius 2 is 2.08 bits per heavy atom. The quantitative estimate of drug-likeness (QED) is 0.298. The van der Waals surface area contributed by atoms with Crippen molar-refractivity contribution >= 4 is 23.5 Å². The molecule has 0 saturated carbocycles. The first-order valence-electron chi connectivity index (χ1n) is 8.10. The molecule has 3 N–H and O–H groups in total. The van der Waals surface area contributed by atoms with Gasteiger partial charge < -0.3 is 15.0 Å². The summed E-state index contributed by atoms with van der Waals surface area (Å²) in [6.45, 7) is 5.45. The number of rotatable bonds is 6. The van der Waals surface area contributed by atoms with Crippen molar-refractivity contribution in [3.8, 4) is 0 Å². The number of benzene rings is 1. The first kappa shape index (κ1) is 19.6. The number of thiocarbonyl (C=S) groups is 1. The lowest BCUT2D eigenvalue weighted by atomic mass is 10.1. The smallest absolute Gasteiger partial charge is 0.370 e. The Balaban J connectivity index is 1.66. The van der Waals surface area contributed by atoms with Crippen molar-refractivity contribution in [3.05, 3.63) is 35.4 Å². The number of hydrogen-bond donors (Lipinski definition) is 3. The molecule has 0 atom stereocenters. The van der Waals surface area contributed by atoms with Crippen LogP contribution >= 0.6 is 12.2 Å². The number of hydrazone groups is 1. The number of quaternary nitrogens is 1. The van der Waals surface area contributed by atoms with Gasteiger partial charge >= 0.3 is 6.18 Å². The largest absolute Gasteiger partial charge is 0.416 e. The number of ether oxygens (including phenoxy) is 1. The summed E-state index contributed by atoms with van der Waals surface area (Å²) in [5, 5.41) is 7.24.